The Morgan fingerprint density at radius 2 is 2.38 bits per heavy atom. The van der Waals surface area contributed by atoms with Gasteiger partial charge in [0.25, 0.3) is 5.91 Å². The largest absolute Gasteiger partial charge is 0.507 e. The Morgan fingerprint density at radius 3 is 3.00 bits per heavy atom. The van der Waals surface area contributed by atoms with Crippen molar-refractivity contribution in [2.24, 2.45) is 10.8 Å². The molecule has 0 aliphatic carbocycles. The van der Waals surface area contributed by atoms with Gasteiger partial charge in [0.15, 0.2) is 0 Å². The van der Waals surface area contributed by atoms with Crippen molar-refractivity contribution < 1.29 is 9.90 Å². The molecular formula is C10H10N4O2. The zero-order chi connectivity index (χ0) is 12.0. The van der Waals surface area contributed by atoms with E-state index < -0.39 is 5.91 Å². The SMILES string of the molecule is [N-]=[N+]=NCC=Cc1ccc(O)c(C(N)=O)c1. The molecule has 0 saturated heterocycles. The van der Waals surface area contributed by atoms with Gasteiger partial charge >= 0.3 is 0 Å². The van der Waals surface area contributed by atoms with Crippen LogP contribution in [0.4, 0.5) is 0 Å². The summed E-state index contributed by atoms with van der Waals surface area (Å²) in [5.74, 6) is -0.845. The van der Waals surface area contributed by atoms with Gasteiger partial charge in [0.05, 0.1) is 5.56 Å². The third-order valence-electron chi connectivity index (χ3n) is 1.85. The zero-order valence-electron chi connectivity index (χ0n) is 8.37. The van der Waals surface area contributed by atoms with Crippen LogP contribution in [0.2, 0.25) is 0 Å². The fraction of sp³-hybridized carbons (Fsp3) is 0.100. The van der Waals surface area contributed by atoms with E-state index in [9.17, 15) is 9.90 Å². The summed E-state index contributed by atoms with van der Waals surface area (Å²) >= 11 is 0. The minimum Gasteiger partial charge on any atom is -0.507 e. The molecule has 0 fully saturated rings. The van der Waals surface area contributed by atoms with E-state index in [-0.39, 0.29) is 17.9 Å². The summed E-state index contributed by atoms with van der Waals surface area (Å²) in [6.07, 6.45) is 3.30. The van der Waals surface area contributed by atoms with Crippen LogP contribution in [-0.2, 0) is 0 Å². The van der Waals surface area contributed by atoms with Crippen LogP contribution in [0.5, 0.6) is 5.75 Å². The van der Waals surface area contributed by atoms with Crippen LogP contribution in [-0.4, -0.2) is 17.6 Å². The highest BCUT2D eigenvalue weighted by molar-refractivity contribution is 5.96. The molecule has 0 aromatic heterocycles. The maximum Gasteiger partial charge on any atom is 0.252 e. The summed E-state index contributed by atoms with van der Waals surface area (Å²) in [6.45, 7) is 0.225. The molecule has 0 atom stereocenters. The maximum absolute atomic E-state index is 10.9. The lowest BCUT2D eigenvalue weighted by Crippen LogP contribution is -2.11. The van der Waals surface area contributed by atoms with E-state index in [0.29, 0.717) is 5.56 Å². The fourth-order valence-corrected chi connectivity index (χ4v) is 1.13. The first-order valence-electron chi connectivity index (χ1n) is 4.45. The highest BCUT2D eigenvalue weighted by Crippen LogP contribution is 2.18. The number of carbonyl (C=O) groups excluding carboxylic acids is 1. The zero-order valence-corrected chi connectivity index (χ0v) is 8.37. The number of phenols is 1. The van der Waals surface area contributed by atoms with Gasteiger partial charge in [0, 0.05) is 11.5 Å². The summed E-state index contributed by atoms with van der Waals surface area (Å²) in [5, 5.41) is 12.6. The molecule has 82 valence electrons. The third-order valence-corrected chi connectivity index (χ3v) is 1.85. The van der Waals surface area contributed by atoms with E-state index >= 15 is 0 Å². The van der Waals surface area contributed by atoms with Gasteiger partial charge in [-0.2, -0.15) is 0 Å². The molecule has 0 aliphatic heterocycles. The summed E-state index contributed by atoms with van der Waals surface area (Å²) < 4.78 is 0. The molecule has 0 unspecified atom stereocenters. The third kappa shape index (κ3) is 3.04. The first-order valence-corrected chi connectivity index (χ1v) is 4.45. The van der Waals surface area contributed by atoms with Crippen molar-refractivity contribution in [1.29, 1.82) is 0 Å². The summed E-state index contributed by atoms with van der Waals surface area (Å²) in [5.41, 5.74) is 13.9. The van der Waals surface area contributed by atoms with Gasteiger partial charge in [-0.05, 0) is 23.2 Å². The van der Waals surface area contributed by atoms with Crippen molar-refractivity contribution in [3.05, 3.63) is 45.8 Å². The Balaban J connectivity index is 2.90. The number of aromatic hydroxyl groups is 1. The normalized spacial score (nSPS) is 10.0. The number of amides is 1. The highest BCUT2D eigenvalue weighted by Gasteiger charge is 2.06. The van der Waals surface area contributed by atoms with E-state index in [1.54, 1.807) is 18.2 Å². The molecule has 0 spiro atoms. The molecule has 0 bridgehead atoms. The predicted molar refractivity (Wildman–Crippen MR) is 59.7 cm³/mol. The van der Waals surface area contributed by atoms with Crippen molar-refractivity contribution in [3.63, 3.8) is 0 Å². The lowest BCUT2D eigenvalue weighted by molar-refractivity contribution is 0.0998. The first kappa shape index (κ1) is 11.6. The number of primary amides is 1. The van der Waals surface area contributed by atoms with Crippen molar-refractivity contribution in [1.82, 2.24) is 0 Å². The molecule has 3 N–H and O–H groups in total. The van der Waals surface area contributed by atoms with Crippen molar-refractivity contribution in [2.45, 2.75) is 0 Å². The second kappa shape index (κ2) is 5.43. The van der Waals surface area contributed by atoms with Crippen LogP contribution < -0.4 is 5.73 Å². The Bertz CT molecular complexity index is 476. The number of benzene rings is 1. The van der Waals surface area contributed by atoms with E-state index in [1.165, 1.54) is 12.1 Å². The van der Waals surface area contributed by atoms with Gasteiger partial charge in [-0.15, -0.1) is 0 Å². The van der Waals surface area contributed by atoms with Crippen molar-refractivity contribution >= 4 is 12.0 Å². The molecule has 0 heterocycles. The number of hydrogen-bond donors (Lipinski definition) is 2. The Kier molecular flexibility index (Phi) is 3.94. The molecule has 0 saturated carbocycles. The molecule has 1 aromatic rings. The van der Waals surface area contributed by atoms with E-state index in [4.69, 9.17) is 11.3 Å². The molecule has 6 heteroatoms. The molecule has 6 nitrogen and oxygen atoms in total. The summed E-state index contributed by atoms with van der Waals surface area (Å²) in [7, 11) is 0. The van der Waals surface area contributed by atoms with Crippen LogP contribution >= 0.6 is 0 Å². The van der Waals surface area contributed by atoms with Gasteiger partial charge in [-0.25, -0.2) is 0 Å². The number of nitrogens with two attached hydrogens (primary N) is 1. The topological polar surface area (TPSA) is 112 Å². The average Bonchev–Trinajstić information content (AvgIpc) is 2.26. The highest BCUT2D eigenvalue weighted by atomic mass is 16.3. The van der Waals surface area contributed by atoms with Gasteiger partial charge in [0.2, 0.25) is 0 Å². The molecule has 1 amide bonds. The second-order valence-electron chi connectivity index (χ2n) is 2.96. The molecule has 0 aliphatic rings. The number of nitrogens with zero attached hydrogens (tertiary/aromatic N) is 3. The smallest absolute Gasteiger partial charge is 0.252 e. The van der Waals surface area contributed by atoms with E-state index in [1.807, 2.05) is 0 Å². The van der Waals surface area contributed by atoms with E-state index in [2.05, 4.69) is 10.0 Å². The molecule has 1 rings (SSSR count). The van der Waals surface area contributed by atoms with Crippen LogP contribution in [0.1, 0.15) is 15.9 Å². The first-order chi connectivity index (χ1) is 7.65. The Hall–Kier alpha value is -2.46. The van der Waals surface area contributed by atoms with Crippen LogP contribution in [0, 0.1) is 0 Å². The van der Waals surface area contributed by atoms with Crippen LogP contribution in [0.25, 0.3) is 16.5 Å². The molecular weight excluding hydrogens is 208 g/mol. The molecule has 16 heavy (non-hydrogen) atoms. The fourth-order valence-electron chi connectivity index (χ4n) is 1.13. The summed E-state index contributed by atoms with van der Waals surface area (Å²) in [4.78, 5) is 13.5. The second-order valence-corrected chi connectivity index (χ2v) is 2.96. The van der Waals surface area contributed by atoms with Gasteiger partial charge in [-0.1, -0.05) is 23.3 Å². The number of rotatable bonds is 4. The number of carbonyl (C=O) groups is 1. The van der Waals surface area contributed by atoms with Crippen molar-refractivity contribution in [2.75, 3.05) is 6.54 Å². The van der Waals surface area contributed by atoms with Gasteiger partial charge in [0.1, 0.15) is 5.75 Å². The van der Waals surface area contributed by atoms with Crippen molar-refractivity contribution in [3.8, 4) is 5.75 Å². The summed E-state index contributed by atoms with van der Waals surface area (Å²) in [6, 6.07) is 4.46. The van der Waals surface area contributed by atoms with E-state index in [0.717, 1.165) is 0 Å². The van der Waals surface area contributed by atoms with Gasteiger partial charge < -0.3 is 10.8 Å². The predicted octanol–water partition coefficient (Wildman–Crippen LogP) is 1.81. The minimum absolute atomic E-state index is 0.0611. The molecule has 1 aromatic carbocycles. The van der Waals surface area contributed by atoms with Gasteiger partial charge in [-0.3, -0.25) is 4.79 Å². The monoisotopic (exact) mass is 218 g/mol. The Labute approximate surface area is 91.6 Å². The quantitative estimate of drug-likeness (QED) is 0.456. The van der Waals surface area contributed by atoms with Crippen LogP contribution in [0.3, 0.4) is 0 Å². The molecule has 0 radical (unpaired) electrons. The minimum atomic E-state index is -0.692. The lowest BCUT2D eigenvalue weighted by Gasteiger charge is -2.01. The number of hydrogen-bond acceptors (Lipinski definition) is 3. The number of azide groups is 1. The lowest BCUT2D eigenvalue weighted by atomic mass is 10.1. The average molecular weight is 218 g/mol. The van der Waals surface area contributed by atoms with Crippen LogP contribution in [0.15, 0.2) is 29.4 Å². The Morgan fingerprint density at radius 1 is 1.62 bits per heavy atom. The maximum atomic E-state index is 10.9. The standard InChI is InChI=1S/C10H10N4O2/c11-10(16)8-6-7(3-4-9(8)15)2-1-5-13-14-12/h1-4,6,15H,5H2,(H2,11,16).